The van der Waals surface area contributed by atoms with Crippen molar-refractivity contribution >= 4 is 41.5 Å². The molecule has 15 heteroatoms. The molecule has 4 unspecified atom stereocenters. The number of carbonyl (C=O) groups excluding carboxylic acids is 5. The third kappa shape index (κ3) is 9.01. The van der Waals surface area contributed by atoms with Gasteiger partial charge >= 0.3 is 11.9 Å². The van der Waals surface area contributed by atoms with Gasteiger partial charge in [0.15, 0.2) is 0 Å². The van der Waals surface area contributed by atoms with Gasteiger partial charge < -0.3 is 42.9 Å². The highest BCUT2D eigenvalue weighted by atomic mass is 16.4. The average Bonchev–Trinajstić information content (AvgIpc) is 3.22. The number of nitrogens with two attached hydrogens (primary N) is 3. The van der Waals surface area contributed by atoms with E-state index >= 15 is 0 Å². The minimum atomic E-state index is -1.41. The number of carboxylic acids is 2. The van der Waals surface area contributed by atoms with Crippen LogP contribution in [0.4, 0.5) is 0 Å². The molecule has 5 amide bonds. The van der Waals surface area contributed by atoms with E-state index in [1.807, 2.05) is 0 Å². The number of amides is 5. The van der Waals surface area contributed by atoms with Crippen LogP contribution in [0.15, 0.2) is 0 Å². The Kier molecular flexibility index (Phi) is 10.9. The number of likely N-dealkylation sites (tertiary alicyclic amines) is 1. The van der Waals surface area contributed by atoms with Gasteiger partial charge in [-0.2, -0.15) is 0 Å². The fourth-order valence-electron chi connectivity index (χ4n) is 3.43. The van der Waals surface area contributed by atoms with Crippen molar-refractivity contribution in [3.63, 3.8) is 0 Å². The standard InChI is InChI=1S/C19H30N6O9/c20-9(8-14(22)27)16(30)23-10(4-6-15(28)29)18(32)25-7-1-2-12(25)17(31)24-11(19(33)34)3-5-13(21)26/h9-12H,1-8,20H2,(H2,21,26)(H2,22,27)(H,23,30)(H,24,31)(H,28,29)(H,33,34). The molecule has 0 radical (unpaired) electrons. The third-order valence-electron chi connectivity index (χ3n) is 5.15. The van der Waals surface area contributed by atoms with Crippen LogP contribution >= 0.6 is 0 Å². The molecule has 0 bridgehead atoms. The molecule has 190 valence electrons. The zero-order chi connectivity index (χ0) is 26.0. The molecule has 0 aliphatic carbocycles. The smallest absolute Gasteiger partial charge is 0.326 e. The van der Waals surface area contributed by atoms with E-state index in [1.165, 1.54) is 0 Å². The highest BCUT2D eigenvalue weighted by Gasteiger charge is 2.39. The first-order chi connectivity index (χ1) is 15.8. The minimum absolute atomic E-state index is 0.0999. The molecule has 15 nitrogen and oxygen atoms in total. The molecule has 4 atom stereocenters. The summed E-state index contributed by atoms with van der Waals surface area (Å²) in [7, 11) is 0. The second kappa shape index (κ2) is 13.1. The predicted octanol–water partition coefficient (Wildman–Crippen LogP) is -3.64. The van der Waals surface area contributed by atoms with Gasteiger partial charge in [-0.25, -0.2) is 4.79 Å². The summed E-state index contributed by atoms with van der Waals surface area (Å²) in [5.41, 5.74) is 15.6. The topological polar surface area (TPSA) is 265 Å². The van der Waals surface area contributed by atoms with Gasteiger partial charge in [-0.05, 0) is 25.7 Å². The fraction of sp³-hybridized carbons (Fsp3) is 0.632. The minimum Gasteiger partial charge on any atom is -0.481 e. The van der Waals surface area contributed by atoms with Crippen molar-refractivity contribution < 1.29 is 43.8 Å². The highest BCUT2D eigenvalue weighted by Crippen LogP contribution is 2.20. The SMILES string of the molecule is NC(=O)CCC(NC(=O)C1CCCN1C(=O)C(CCC(=O)O)NC(=O)C(N)CC(N)=O)C(=O)O. The molecular formula is C19H30N6O9. The fourth-order valence-corrected chi connectivity index (χ4v) is 3.43. The van der Waals surface area contributed by atoms with Crippen molar-refractivity contribution in [1.82, 2.24) is 15.5 Å². The van der Waals surface area contributed by atoms with E-state index in [0.29, 0.717) is 6.42 Å². The number of hydrogen-bond acceptors (Lipinski definition) is 8. The molecule has 0 saturated carbocycles. The first-order valence-electron chi connectivity index (χ1n) is 10.5. The number of aliphatic carboxylic acids is 2. The molecule has 1 heterocycles. The number of hydrogen-bond donors (Lipinski definition) is 7. The van der Waals surface area contributed by atoms with Crippen LogP contribution in [-0.2, 0) is 33.6 Å². The molecule has 10 N–H and O–H groups in total. The molecule has 0 aromatic rings. The van der Waals surface area contributed by atoms with Gasteiger partial charge in [-0.3, -0.25) is 28.8 Å². The van der Waals surface area contributed by atoms with E-state index in [0.717, 1.165) is 4.90 Å². The molecular weight excluding hydrogens is 456 g/mol. The summed E-state index contributed by atoms with van der Waals surface area (Å²) in [6.45, 7) is 0.0999. The van der Waals surface area contributed by atoms with E-state index in [4.69, 9.17) is 22.3 Å². The quantitative estimate of drug-likeness (QED) is 0.126. The van der Waals surface area contributed by atoms with E-state index in [-0.39, 0.29) is 32.2 Å². The molecule has 0 spiro atoms. The van der Waals surface area contributed by atoms with Crippen LogP contribution in [-0.4, -0.2) is 87.3 Å². The van der Waals surface area contributed by atoms with E-state index in [2.05, 4.69) is 10.6 Å². The maximum absolute atomic E-state index is 13.1. The first-order valence-corrected chi connectivity index (χ1v) is 10.5. The van der Waals surface area contributed by atoms with Gasteiger partial charge in [0.05, 0.1) is 12.5 Å². The van der Waals surface area contributed by atoms with Crippen LogP contribution in [0.1, 0.15) is 44.9 Å². The first kappa shape index (κ1) is 28.3. The predicted molar refractivity (Wildman–Crippen MR) is 113 cm³/mol. The van der Waals surface area contributed by atoms with Gasteiger partial charge in [0.1, 0.15) is 18.1 Å². The maximum Gasteiger partial charge on any atom is 0.326 e. The third-order valence-corrected chi connectivity index (χ3v) is 5.15. The summed E-state index contributed by atoms with van der Waals surface area (Å²) < 4.78 is 0. The van der Waals surface area contributed by atoms with Gasteiger partial charge in [0.25, 0.3) is 0 Å². The van der Waals surface area contributed by atoms with Crippen LogP contribution in [0, 0.1) is 0 Å². The summed E-state index contributed by atoms with van der Waals surface area (Å²) in [5.74, 6) is -6.66. The van der Waals surface area contributed by atoms with Gasteiger partial charge in [0.2, 0.25) is 29.5 Å². The van der Waals surface area contributed by atoms with Crippen molar-refractivity contribution in [2.24, 2.45) is 17.2 Å². The lowest BCUT2D eigenvalue weighted by Crippen LogP contribution is -2.57. The van der Waals surface area contributed by atoms with E-state index in [9.17, 15) is 38.7 Å². The second-order valence-corrected chi connectivity index (χ2v) is 7.86. The lowest BCUT2D eigenvalue weighted by atomic mass is 10.1. The number of carboxylic acid groups (broad SMARTS) is 2. The number of nitrogens with zero attached hydrogens (tertiary/aromatic N) is 1. The average molecular weight is 486 g/mol. The highest BCUT2D eigenvalue weighted by molar-refractivity contribution is 5.95. The Balaban J connectivity index is 2.97. The summed E-state index contributed by atoms with van der Waals surface area (Å²) in [5, 5.41) is 22.8. The molecule has 0 aromatic carbocycles. The molecule has 1 rings (SSSR count). The molecule has 0 aromatic heterocycles. The van der Waals surface area contributed by atoms with Crippen LogP contribution in [0.3, 0.4) is 0 Å². The largest absolute Gasteiger partial charge is 0.481 e. The monoisotopic (exact) mass is 486 g/mol. The lowest BCUT2D eigenvalue weighted by Gasteiger charge is -2.29. The van der Waals surface area contributed by atoms with Crippen molar-refractivity contribution in [2.75, 3.05) is 6.54 Å². The van der Waals surface area contributed by atoms with Crippen molar-refractivity contribution in [2.45, 2.75) is 69.1 Å². The Morgan fingerprint density at radius 1 is 0.912 bits per heavy atom. The molecule has 34 heavy (non-hydrogen) atoms. The summed E-state index contributed by atoms with van der Waals surface area (Å²) >= 11 is 0. The Hall–Kier alpha value is -3.75. The molecule has 1 aliphatic heterocycles. The summed E-state index contributed by atoms with van der Waals surface area (Å²) in [6, 6.07) is -5.21. The van der Waals surface area contributed by atoms with Crippen LogP contribution in [0.5, 0.6) is 0 Å². The lowest BCUT2D eigenvalue weighted by molar-refractivity contribution is -0.145. The Morgan fingerprint density at radius 3 is 2.06 bits per heavy atom. The molecule has 1 fully saturated rings. The Bertz CT molecular complexity index is 833. The molecule has 1 saturated heterocycles. The van der Waals surface area contributed by atoms with Gasteiger partial charge in [-0.1, -0.05) is 0 Å². The maximum atomic E-state index is 13.1. The number of carbonyl (C=O) groups is 7. The van der Waals surface area contributed by atoms with E-state index < -0.39 is 78.5 Å². The zero-order valence-electron chi connectivity index (χ0n) is 18.4. The Labute approximate surface area is 194 Å². The number of primary amides is 2. The Morgan fingerprint density at radius 2 is 1.53 bits per heavy atom. The van der Waals surface area contributed by atoms with Gasteiger partial charge in [0, 0.05) is 19.4 Å². The van der Waals surface area contributed by atoms with Gasteiger partial charge in [-0.15, -0.1) is 0 Å². The summed E-state index contributed by atoms with van der Waals surface area (Å²) in [6.07, 6.45) is -1.23. The normalized spacial score (nSPS) is 17.8. The van der Waals surface area contributed by atoms with Crippen molar-refractivity contribution in [3.05, 3.63) is 0 Å². The van der Waals surface area contributed by atoms with Crippen LogP contribution in [0.25, 0.3) is 0 Å². The summed E-state index contributed by atoms with van der Waals surface area (Å²) in [4.78, 5) is 83.6. The number of rotatable bonds is 14. The van der Waals surface area contributed by atoms with Crippen LogP contribution in [0.2, 0.25) is 0 Å². The number of nitrogens with one attached hydrogen (secondary N) is 2. The van der Waals surface area contributed by atoms with Crippen molar-refractivity contribution in [3.8, 4) is 0 Å². The van der Waals surface area contributed by atoms with Crippen LogP contribution < -0.4 is 27.8 Å². The zero-order valence-corrected chi connectivity index (χ0v) is 18.4. The molecule has 1 aliphatic rings. The van der Waals surface area contributed by atoms with Crippen molar-refractivity contribution in [1.29, 1.82) is 0 Å². The van der Waals surface area contributed by atoms with E-state index in [1.54, 1.807) is 0 Å². The second-order valence-electron chi connectivity index (χ2n) is 7.86.